The molecule has 0 radical (unpaired) electrons. The Hall–Kier alpha value is -2.77. The van der Waals surface area contributed by atoms with E-state index in [0.717, 1.165) is 0 Å². The highest BCUT2D eigenvalue weighted by Gasteiger charge is 2.28. The van der Waals surface area contributed by atoms with Gasteiger partial charge < -0.3 is 42.1 Å². The van der Waals surface area contributed by atoms with Crippen LogP contribution in [0.15, 0.2) is 0 Å². The van der Waals surface area contributed by atoms with Crippen LogP contribution in [0.1, 0.15) is 19.8 Å². The molecule has 0 bridgehead atoms. The number of rotatable bonds is 12. The van der Waals surface area contributed by atoms with Gasteiger partial charge in [0.1, 0.15) is 12.1 Å². The van der Waals surface area contributed by atoms with Crippen LogP contribution in [-0.2, 0) is 24.0 Å². The molecule has 0 aromatic heterocycles. The minimum absolute atomic E-state index is 0.185. The molecule has 0 fully saturated rings. The number of nitrogens with two attached hydrogens (primary N) is 1. The largest absolute Gasteiger partial charge is 0.481 e. The van der Waals surface area contributed by atoms with E-state index in [-0.39, 0.29) is 12.8 Å². The van der Waals surface area contributed by atoms with Crippen LogP contribution in [-0.4, -0.2) is 87.5 Å². The molecule has 0 heterocycles. The molecule has 0 aliphatic heterocycles. The van der Waals surface area contributed by atoms with Crippen LogP contribution in [0.3, 0.4) is 0 Å². The van der Waals surface area contributed by atoms with Crippen LogP contribution < -0.4 is 21.7 Å². The highest BCUT2D eigenvalue weighted by atomic mass is 16.4. The number of carboxylic acids is 2. The van der Waals surface area contributed by atoms with Crippen molar-refractivity contribution in [3.63, 3.8) is 0 Å². The zero-order chi connectivity index (χ0) is 21.1. The van der Waals surface area contributed by atoms with Crippen molar-refractivity contribution in [2.24, 2.45) is 5.73 Å². The summed E-state index contributed by atoms with van der Waals surface area (Å²) in [4.78, 5) is 56.6. The Morgan fingerprint density at radius 3 is 2.07 bits per heavy atom. The van der Waals surface area contributed by atoms with Gasteiger partial charge in [0, 0.05) is 6.42 Å². The van der Waals surface area contributed by atoms with Gasteiger partial charge in [-0.2, -0.15) is 0 Å². The summed E-state index contributed by atoms with van der Waals surface area (Å²) in [5.74, 6) is -5.36. The van der Waals surface area contributed by atoms with Crippen molar-refractivity contribution in [2.45, 2.75) is 44.0 Å². The molecule has 13 heteroatoms. The van der Waals surface area contributed by atoms with Crippen molar-refractivity contribution in [3.05, 3.63) is 0 Å². The molecule has 27 heavy (non-hydrogen) atoms. The molecule has 0 aromatic rings. The Bertz CT molecular complexity index is 567. The van der Waals surface area contributed by atoms with E-state index < -0.39 is 67.0 Å². The SMILES string of the molecule is CC(O)C(NC(=O)C(N)CCC(=O)O)C(=O)NCC(=O)NC(CO)C(=O)O. The first-order valence-corrected chi connectivity index (χ1v) is 7.86. The predicted octanol–water partition coefficient (Wildman–Crippen LogP) is -4.28. The molecule has 0 aliphatic rings. The fourth-order valence-electron chi connectivity index (χ4n) is 1.78. The maximum atomic E-state index is 12.0. The molecular formula is C14H24N4O9. The Balaban J connectivity index is 4.67. The Labute approximate surface area is 153 Å². The number of carboxylic acid groups (broad SMARTS) is 2. The lowest BCUT2D eigenvalue weighted by Crippen LogP contribution is -2.57. The lowest BCUT2D eigenvalue weighted by atomic mass is 10.1. The third kappa shape index (κ3) is 9.48. The van der Waals surface area contributed by atoms with Crippen LogP contribution in [0, 0.1) is 0 Å². The van der Waals surface area contributed by atoms with Gasteiger partial charge in [0.15, 0.2) is 0 Å². The van der Waals surface area contributed by atoms with Crippen LogP contribution in [0.2, 0.25) is 0 Å². The lowest BCUT2D eigenvalue weighted by molar-refractivity contribution is -0.143. The van der Waals surface area contributed by atoms with Crippen molar-refractivity contribution in [1.29, 1.82) is 0 Å². The van der Waals surface area contributed by atoms with Crippen molar-refractivity contribution in [2.75, 3.05) is 13.2 Å². The first kappa shape index (κ1) is 24.2. The van der Waals surface area contributed by atoms with E-state index in [4.69, 9.17) is 21.1 Å². The van der Waals surface area contributed by atoms with E-state index >= 15 is 0 Å². The monoisotopic (exact) mass is 392 g/mol. The van der Waals surface area contributed by atoms with Gasteiger partial charge in [-0.3, -0.25) is 19.2 Å². The second kappa shape index (κ2) is 11.8. The fourth-order valence-corrected chi connectivity index (χ4v) is 1.78. The minimum atomic E-state index is -1.55. The van der Waals surface area contributed by atoms with Crippen LogP contribution in [0.5, 0.6) is 0 Å². The number of aliphatic carboxylic acids is 2. The summed E-state index contributed by atoms with van der Waals surface area (Å²) < 4.78 is 0. The standard InChI is InChI=1S/C14H24N4O9/c1-6(20)11(18-12(24)7(15)2-3-10(22)23)13(25)16-4-9(21)17-8(5-19)14(26)27/h6-8,11,19-20H,2-5,15H2,1H3,(H,16,25)(H,17,21)(H,18,24)(H,22,23)(H,26,27). The lowest BCUT2D eigenvalue weighted by Gasteiger charge is -2.22. The molecule has 4 unspecified atom stereocenters. The van der Waals surface area contributed by atoms with Crippen LogP contribution >= 0.6 is 0 Å². The molecule has 0 aromatic carbocycles. The molecule has 3 amide bonds. The molecule has 0 rings (SSSR count). The molecule has 0 spiro atoms. The average Bonchev–Trinajstić information content (AvgIpc) is 2.58. The third-order valence-electron chi connectivity index (χ3n) is 3.31. The smallest absolute Gasteiger partial charge is 0.328 e. The Morgan fingerprint density at radius 2 is 1.63 bits per heavy atom. The number of aliphatic hydroxyl groups is 2. The summed E-state index contributed by atoms with van der Waals surface area (Å²) in [5.41, 5.74) is 5.50. The highest BCUT2D eigenvalue weighted by Crippen LogP contribution is 1.99. The van der Waals surface area contributed by atoms with Gasteiger partial charge >= 0.3 is 11.9 Å². The highest BCUT2D eigenvalue weighted by molar-refractivity contribution is 5.93. The summed E-state index contributed by atoms with van der Waals surface area (Å²) >= 11 is 0. The molecule has 0 saturated heterocycles. The van der Waals surface area contributed by atoms with E-state index in [9.17, 15) is 29.1 Å². The van der Waals surface area contributed by atoms with Crippen molar-refractivity contribution < 1.29 is 44.4 Å². The van der Waals surface area contributed by atoms with E-state index in [2.05, 4.69) is 10.6 Å². The van der Waals surface area contributed by atoms with Crippen molar-refractivity contribution >= 4 is 29.7 Å². The zero-order valence-corrected chi connectivity index (χ0v) is 14.5. The second-order valence-electron chi connectivity index (χ2n) is 5.62. The summed E-state index contributed by atoms with van der Waals surface area (Å²) in [6.45, 7) is -0.331. The van der Waals surface area contributed by atoms with Crippen molar-refractivity contribution in [1.82, 2.24) is 16.0 Å². The number of aliphatic hydroxyl groups excluding tert-OH is 2. The number of hydrogen-bond donors (Lipinski definition) is 8. The Morgan fingerprint density at radius 1 is 1.04 bits per heavy atom. The quantitative estimate of drug-likeness (QED) is 0.159. The predicted molar refractivity (Wildman–Crippen MR) is 88.1 cm³/mol. The van der Waals surface area contributed by atoms with Crippen LogP contribution in [0.25, 0.3) is 0 Å². The van der Waals surface area contributed by atoms with E-state index in [1.54, 1.807) is 0 Å². The number of hydrogen-bond acceptors (Lipinski definition) is 8. The van der Waals surface area contributed by atoms with Gasteiger partial charge in [-0.05, 0) is 13.3 Å². The maximum Gasteiger partial charge on any atom is 0.328 e. The number of nitrogens with one attached hydrogen (secondary N) is 3. The summed E-state index contributed by atoms with van der Waals surface area (Å²) in [6.07, 6.45) is -1.92. The molecule has 0 saturated carbocycles. The average molecular weight is 392 g/mol. The normalized spacial score (nSPS) is 15.0. The van der Waals surface area contributed by atoms with Crippen LogP contribution in [0.4, 0.5) is 0 Å². The molecular weight excluding hydrogens is 368 g/mol. The minimum Gasteiger partial charge on any atom is -0.481 e. The number of carbonyl (C=O) groups is 5. The Kier molecular flexibility index (Phi) is 10.6. The zero-order valence-electron chi connectivity index (χ0n) is 14.5. The molecule has 4 atom stereocenters. The van der Waals surface area contributed by atoms with Gasteiger partial charge in [-0.1, -0.05) is 0 Å². The summed E-state index contributed by atoms with van der Waals surface area (Å²) in [7, 11) is 0. The van der Waals surface area contributed by atoms with Gasteiger partial charge in [0.25, 0.3) is 0 Å². The van der Waals surface area contributed by atoms with Gasteiger partial charge in [-0.25, -0.2) is 4.79 Å². The van der Waals surface area contributed by atoms with E-state index in [1.807, 2.05) is 5.32 Å². The summed E-state index contributed by atoms with van der Waals surface area (Å²) in [5, 5.41) is 41.9. The van der Waals surface area contributed by atoms with Gasteiger partial charge in [0.2, 0.25) is 17.7 Å². The second-order valence-corrected chi connectivity index (χ2v) is 5.62. The number of amides is 3. The van der Waals surface area contributed by atoms with Gasteiger partial charge in [0.05, 0.1) is 25.3 Å². The third-order valence-corrected chi connectivity index (χ3v) is 3.31. The maximum absolute atomic E-state index is 12.0. The first-order valence-electron chi connectivity index (χ1n) is 7.86. The van der Waals surface area contributed by atoms with E-state index in [1.165, 1.54) is 6.92 Å². The topological polar surface area (TPSA) is 228 Å². The molecule has 154 valence electrons. The van der Waals surface area contributed by atoms with E-state index in [0.29, 0.717) is 0 Å². The number of carbonyl (C=O) groups excluding carboxylic acids is 3. The molecule has 0 aliphatic carbocycles. The first-order chi connectivity index (χ1) is 12.5. The van der Waals surface area contributed by atoms with Gasteiger partial charge in [-0.15, -0.1) is 0 Å². The molecule has 9 N–H and O–H groups in total. The van der Waals surface area contributed by atoms with Crippen molar-refractivity contribution in [3.8, 4) is 0 Å². The molecule has 13 nitrogen and oxygen atoms in total. The summed E-state index contributed by atoms with van der Waals surface area (Å²) in [6, 6.07) is -4.25. The fraction of sp³-hybridized carbons (Fsp3) is 0.643.